The zero-order chi connectivity index (χ0) is 20.1. The molecular weight excluding hydrogens is 362 g/mol. The molecule has 8 nitrogen and oxygen atoms in total. The van der Waals surface area contributed by atoms with Crippen LogP contribution in [-0.4, -0.2) is 10.0 Å². The third-order valence-corrected chi connectivity index (χ3v) is 3.64. The highest BCUT2D eigenvalue weighted by Gasteiger charge is 2.24. The Bertz CT molecular complexity index is 1110. The van der Waals surface area contributed by atoms with Gasteiger partial charge in [-0.15, -0.1) is 0 Å². The second kappa shape index (κ2) is 7.77. The predicted molar refractivity (Wildman–Crippen MR) is 97.2 cm³/mol. The minimum atomic E-state index is -0.764. The van der Waals surface area contributed by atoms with Crippen LogP contribution in [0.5, 0.6) is 28.7 Å². The fourth-order valence-electron chi connectivity index (χ4n) is 2.35. The summed E-state index contributed by atoms with van der Waals surface area (Å²) < 4.78 is 11.1. The first-order valence-electron chi connectivity index (χ1n) is 7.87. The Balaban J connectivity index is 1.95. The molecule has 0 amide bonds. The molecule has 0 aromatic heterocycles. The summed E-state index contributed by atoms with van der Waals surface area (Å²) >= 11 is 0. The summed E-state index contributed by atoms with van der Waals surface area (Å²) in [6.45, 7) is 0. The molecule has 0 heterocycles. The van der Waals surface area contributed by atoms with E-state index in [4.69, 9.17) is 20.0 Å². The summed E-state index contributed by atoms with van der Waals surface area (Å²) in [5.41, 5.74) is 0.239. The van der Waals surface area contributed by atoms with Crippen LogP contribution in [0.15, 0.2) is 60.7 Å². The van der Waals surface area contributed by atoms with Gasteiger partial charge in [0.25, 0.3) is 0 Å². The van der Waals surface area contributed by atoms with E-state index in [0.29, 0.717) is 16.9 Å². The Kier molecular flexibility index (Phi) is 5.06. The number of nitriles is 2. The lowest BCUT2D eigenvalue weighted by atomic mass is 10.2. The second-order valence-corrected chi connectivity index (χ2v) is 5.52. The Morgan fingerprint density at radius 2 is 1.32 bits per heavy atom. The van der Waals surface area contributed by atoms with Crippen molar-refractivity contribution in [2.24, 2.45) is 0 Å². The number of phenols is 1. The average molecular weight is 373 g/mol. The molecule has 0 saturated carbocycles. The van der Waals surface area contributed by atoms with Crippen LogP contribution in [0.4, 0.5) is 5.69 Å². The van der Waals surface area contributed by atoms with Crippen LogP contribution in [0.2, 0.25) is 0 Å². The second-order valence-electron chi connectivity index (χ2n) is 5.52. The number of hydrogen-bond acceptors (Lipinski definition) is 7. The van der Waals surface area contributed by atoms with Crippen molar-refractivity contribution < 1.29 is 19.5 Å². The number of phenolic OH excluding ortho intramolecular Hbond substituents is 1. The topological polar surface area (TPSA) is 129 Å². The molecule has 0 unspecified atom stereocenters. The summed E-state index contributed by atoms with van der Waals surface area (Å²) in [6, 6.07) is 18.5. The maximum absolute atomic E-state index is 11.3. The number of ether oxygens (including phenoxy) is 2. The molecule has 28 heavy (non-hydrogen) atoms. The van der Waals surface area contributed by atoms with Crippen molar-refractivity contribution in [3.63, 3.8) is 0 Å². The predicted octanol–water partition coefficient (Wildman–Crippen LogP) is 4.63. The molecule has 1 N–H and O–H groups in total. The van der Waals surface area contributed by atoms with E-state index >= 15 is 0 Å². The summed E-state index contributed by atoms with van der Waals surface area (Å²) in [7, 11) is 0. The molecule has 3 aromatic carbocycles. The largest absolute Gasteiger partial charge is 0.502 e. The number of nitro groups is 1. The molecule has 0 aliphatic carbocycles. The van der Waals surface area contributed by atoms with E-state index in [1.54, 1.807) is 24.3 Å². The molecule has 0 fully saturated rings. The Morgan fingerprint density at radius 3 is 1.79 bits per heavy atom. The summed E-state index contributed by atoms with van der Waals surface area (Å²) in [4.78, 5) is 10.6. The lowest BCUT2D eigenvalue weighted by Gasteiger charge is -2.11. The highest BCUT2D eigenvalue weighted by atomic mass is 16.6. The molecule has 8 heteroatoms. The molecule has 0 aliphatic heterocycles. The van der Waals surface area contributed by atoms with Gasteiger partial charge in [0.1, 0.15) is 17.2 Å². The maximum Gasteiger partial charge on any atom is 0.353 e. The smallest absolute Gasteiger partial charge is 0.353 e. The van der Waals surface area contributed by atoms with Crippen molar-refractivity contribution in [1.29, 1.82) is 10.5 Å². The van der Waals surface area contributed by atoms with Crippen molar-refractivity contribution in [2.45, 2.75) is 0 Å². The number of hydrogen-bond donors (Lipinski definition) is 1. The van der Waals surface area contributed by atoms with Crippen molar-refractivity contribution >= 4 is 5.69 Å². The van der Waals surface area contributed by atoms with Crippen LogP contribution in [0.1, 0.15) is 11.1 Å². The van der Waals surface area contributed by atoms with E-state index < -0.39 is 16.4 Å². The van der Waals surface area contributed by atoms with Crippen LogP contribution < -0.4 is 9.47 Å². The molecule has 0 radical (unpaired) electrons. The van der Waals surface area contributed by atoms with Crippen molar-refractivity contribution in [3.8, 4) is 40.9 Å². The zero-order valence-corrected chi connectivity index (χ0v) is 14.2. The van der Waals surface area contributed by atoms with Crippen LogP contribution in [0.25, 0.3) is 0 Å². The fraction of sp³-hybridized carbons (Fsp3) is 0. The van der Waals surface area contributed by atoms with Gasteiger partial charge < -0.3 is 14.6 Å². The SMILES string of the molecule is N#Cc1ccc(Oc2cc(O)c([N+](=O)[O-])c(Oc3ccc(C#N)cc3)c2)cc1. The van der Waals surface area contributed by atoms with E-state index in [1.807, 2.05) is 12.1 Å². The van der Waals surface area contributed by atoms with Crippen molar-refractivity contribution in [2.75, 3.05) is 0 Å². The number of nitro benzene ring substituents is 1. The molecule has 3 aromatic rings. The van der Waals surface area contributed by atoms with Gasteiger partial charge in [0.05, 0.1) is 28.2 Å². The van der Waals surface area contributed by atoms with Gasteiger partial charge in [-0.1, -0.05) is 0 Å². The van der Waals surface area contributed by atoms with Crippen LogP contribution in [0.3, 0.4) is 0 Å². The fourth-order valence-corrected chi connectivity index (χ4v) is 2.35. The highest BCUT2D eigenvalue weighted by molar-refractivity contribution is 5.62. The molecule has 0 aliphatic rings. The number of aromatic hydroxyl groups is 1. The molecule has 0 saturated heterocycles. The highest BCUT2D eigenvalue weighted by Crippen LogP contribution is 2.43. The molecule has 0 atom stereocenters. The van der Waals surface area contributed by atoms with Gasteiger partial charge in [0.15, 0.2) is 0 Å². The van der Waals surface area contributed by atoms with Crippen molar-refractivity contribution in [3.05, 3.63) is 81.9 Å². The first kappa shape index (κ1) is 18.2. The quantitative estimate of drug-likeness (QED) is 0.510. The molecular formula is C20H11N3O5. The van der Waals surface area contributed by atoms with Gasteiger partial charge >= 0.3 is 5.69 Å². The van der Waals surface area contributed by atoms with Gasteiger partial charge in [-0.25, -0.2) is 0 Å². The first-order chi connectivity index (χ1) is 13.5. The van der Waals surface area contributed by atoms with E-state index in [-0.39, 0.29) is 17.2 Å². The average Bonchev–Trinajstić information content (AvgIpc) is 2.68. The van der Waals surface area contributed by atoms with E-state index in [0.717, 1.165) is 6.07 Å². The maximum atomic E-state index is 11.3. The number of nitrogens with zero attached hydrogens (tertiary/aromatic N) is 3. The Morgan fingerprint density at radius 1 is 0.821 bits per heavy atom. The van der Waals surface area contributed by atoms with Crippen molar-refractivity contribution in [1.82, 2.24) is 0 Å². The van der Waals surface area contributed by atoms with E-state index in [1.165, 1.54) is 30.3 Å². The summed E-state index contributed by atoms with van der Waals surface area (Å²) in [6.07, 6.45) is 0. The lowest BCUT2D eigenvalue weighted by Crippen LogP contribution is -1.95. The van der Waals surface area contributed by atoms with Crippen LogP contribution in [0, 0.1) is 32.8 Å². The third-order valence-electron chi connectivity index (χ3n) is 3.64. The Labute approximate surface area is 159 Å². The van der Waals surface area contributed by atoms with E-state index in [9.17, 15) is 15.2 Å². The molecule has 0 bridgehead atoms. The summed E-state index contributed by atoms with van der Waals surface area (Å²) in [5.74, 6) is -0.122. The van der Waals surface area contributed by atoms with Gasteiger partial charge in [-0.3, -0.25) is 10.1 Å². The normalized spacial score (nSPS) is 9.79. The Hall–Kier alpha value is -4.56. The van der Waals surface area contributed by atoms with Gasteiger partial charge in [-0.2, -0.15) is 10.5 Å². The molecule has 3 rings (SSSR count). The van der Waals surface area contributed by atoms with Crippen LogP contribution in [-0.2, 0) is 0 Å². The van der Waals surface area contributed by atoms with Gasteiger partial charge in [-0.05, 0) is 48.5 Å². The van der Waals surface area contributed by atoms with Crippen LogP contribution >= 0.6 is 0 Å². The lowest BCUT2D eigenvalue weighted by molar-refractivity contribution is -0.386. The van der Waals surface area contributed by atoms with E-state index in [2.05, 4.69) is 0 Å². The minimum absolute atomic E-state index is 0.108. The minimum Gasteiger partial charge on any atom is -0.502 e. The zero-order valence-electron chi connectivity index (χ0n) is 14.2. The molecule has 0 spiro atoms. The number of benzene rings is 3. The summed E-state index contributed by atoms with van der Waals surface area (Å²) in [5, 5.41) is 39.1. The number of rotatable bonds is 5. The molecule has 136 valence electrons. The van der Waals surface area contributed by atoms with Gasteiger partial charge in [0.2, 0.25) is 11.5 Å². The first-order valence-corrected chi connectivity index (χ1v) is 7.87. The van der Waals surface area contributed by atoms with Gasteiger partial charge in [0, 0.05) is 12.1 Å². The monoisotopic (exact) mass is 373 g/mol. The standard InChI is InChI=1S/C20H11N3O5/c21-11-13-1-5-15(6-2-13)27-17-9-18(24)20(23(25)26)19(10-17)28-16-7-3-14(12-22)4-8-16/h1-10,24H. The third kappa shape index (κ3) is 3.98.